The van der Waals surface area contributed by atoms with Crippen molar-refractivity contribution in [1.82, 2.24) is 0 Å². The Labute approximate surface area is 110 Å². The Kier molecular flexibility index (Phi) is 3.57. The molecule has 0 aromatic heterocycles. The van der Waals surface area contributed by atoms with Gasteiger partial charge in [0.05, 0.1) is 5.56 Å². The fourth-order valence-electron chi connectivity index (χ4n) is 1.49. The number of hydrogen-bond donors (Lipinski definition) is 0. The van der Waals surface area contributed by atoms with Gasteiger partial charge in [-0.2, -0.15) is 0 Å². The molecule has 2 rings (SSSR count). The Morgan fingerprint density at radius 3 is 2.05 bits per heavy atom. The number of halogens is 5. The monoisotopic (exact) mass is 288 g/mol. The van der Waals surface area contributed by atoms with E-state index in [0.29, 0.717) is 11.1 Å². The zero-order chi connectivity index (χ0) is 14.2. The molecule has 0 heterocycles. The van der Waals surface area contributed by atoms with E-state index in [-0.39, 0.29) is 5.56 Å². The predicted molar refractivity (Wildman–Crippen MR) is 61.2 cm³/mol. The van der Waals surface area contributed by atoms with Gasteiger partial charge in [0.2, 0.25) is 0 Å². The molecular formula is C13H5ClF4O. The lowest BCUT2D eigenvalue weighted by atomic mass is 10.0. The maximum Gasteiger partial charge on any atom is 0.198 e. The summed E-state index contributed by atoms with van der Waals surface area (Å²) in [5.74, 6) is -8.29. The highest BCUT2D eigenvalue weighted by atomic mass is 35.5. The second-order valence-corrected chi connectivity index (χ2v) is 4.12. The van der Waals surface area contributed by atoms with Gasteiger partial charge in [-0.3, -0.25) is 4.79 Å². The van der Waals surface area contributed by atoms with E-state index in [2.05, 4.69) is 0 Å². The molecule has 0 fully saturated rings. The van der Waals surface area contributed by atoms with Crippen LogP contribution in [0.1, 0.15) is 15.9 Å². The summed E-state index contributed by atoms with van der Waals surface area (Å²) >= 11 is 5.61. The van der Waals surface area contributed by atoms with Crippen LogP contribution in [-0.4, -0.2) is 5.78 Å². The van der Waals surface area contributed by atoms with E-state index < -0.39 is 34.6 Å². The molecule has 0 bridgehead atoms. The number of benzene rings is 2. The maximum atomic E-state index is 13.4. The molecule has 98 valence electrons. The average molecular weight is 289 g/mol. The lowest BCUT2D eigenvalue weighted by Crippen LogP contribution is -2.09. The van der Waals surface area contributed by atoms with Crippen molar-refractivity contribution in [3.63, 3.8) is 0 Å². The highest BCUT2D eigenvalue weighted by Gasteiger charge is 2.23. The first kappa shape index (κ1) is 13.5. The summed E-state index contributed by atoms with van der Waals surface area (Å²) in [5.41, 5.74) is -0.896. The highest BCUT2D eigenvalue weighted by Crippen LogP contribution is 2.22. The summed E-state index contributed by atoms with van der Waals surface area (Å²) in [4.78, 5) is 11.9. The van der Waals surface area contributed by atoms with Gasteiger partial charge in [0.25, 0.3) is 0 Å². The van der Waals surface area contributed by atoms with Crippen LogP contribution < -0.4 is 0 Å². The van der Waals surface area contributed by atoms with Crippen molar-refractivity contribution in [2.75, 3.05) is 0 Å². The zero-order valence-electron chi connectivity index (χ0n) is 9.18. The van der Waals surface area contributed by atoms with Gasteiger partial charge in [0.1, 0.15) is 0 Å². The first-order valence-electron chi connectivity index (χ1n) is 5.05. The van der Waals surface area contributed by atoms with Crippen molar-refractivity contribution >= 4 is 17.4 Å². The van der Waals surface area contributed by atoms with Crippen LogP contribution in [0.4, 0.5) is 17.6 Å². The number of carbonyl (C=O) groups is 1. The summed E-state index contributed by atoms with van der Waals surface area (Å²) < 4.78 is 52.2. The summed E-state index contributed by atoms with van der Waals surface area (Å²) in [6.45, 7) is 0. The van der Waals surface area contributed by atoms with Gasteiger partial charge >= 0.3 is 0 Å². The highest BCUT2D eigenvalue weighted by molar-refractivity contribution is 6.30. The van der Waals surface area contributed by atoms with Gasteiger partial charge in [-0.15, -0.1) is 0 Å². The van der Waals surface area contributed by atoms with E-state index in [1.54, 1.807) is 0 Å². The molecule has 0 N–H and O–H groups in total. The zero-order valence-corrected chi connectivity index (χ0v) is 9.94. The molecule has 0 saturated heterocycles. The summed E-state index contributed by atoms with van der Waals surface area (Å²) in [5, 5.41) is 0.341. The lowest BCUT2D eigenvalue weighted by molar-refractivity contribution is 0.103. The van der Waals surface area contributed by atoms with Gasteiger partial charge in [0.15, 0.2) is 29.1 Å². The third-order valence-corrected chi connectivity index (χ3v) is 2.71. The minimum atomic E-state index is -2.02. The van der Waals surface area contributed by atoms with Crippen molar-refractivity contribution in [2.24, 2.45) is 0 Å². The molecule has 2 aromatic rings. The third kappa shape index (κ3) is 2.46. The fourth-order valence-corrected chi connectivity index (χ4v) is 1.62. The van der Waals surface area contributed by atoms with E-state index >= 15 is 0 Å². The van der Waals surface area contributed by atoms with Crippen molar-refractivity contribution in [2.45, 2.75) is 0 Å². The molecule has 0 radical (unpaired) electrons. The maximum absolute atomic E-state index is 13.4. The molecule has 0 atom stereocenters. The molecule has 0 unspecified atom stereocenters. The van der Waals surface area contributed by atoms with Gasteiger partial charge in [-0.25, -0.2) is 17.6 Å². The Balaban J connectivity index is 2.53. The van der Waals surface area contributed by atoms with Crippen LogP contribution in [-0.2, 0) is 0 Å². The number of carbonyl (C=O) groups excluding carboxylic acids is 1. The Hall–Kier alpha value is -1.88. The molecule has 0 spiro atoms. The number of hydrogen-bond acceptors (Lipinski definition) is 1. The van der Waals surface area contributed by atoms with E-state index in [0.717, 1.165) is 0 Å². The van der Waals surface area contributed by atoms with Crippen LogP contribution in [0.15, 0.2) is 30.3 Å². The largest absolute Gasteiger partial charge is 0.288 e. The standard InChI is InChI=1S/C13H5ClF4O/c14-7-3-1-6(2-4-7)13(19)8-5-9(15)11(17)12(18)10(8)16/h1-5H. The Morgan fingerprint density at radius 2 is 1.47 bits per heavy atom. The second kappa shape index (κ2) is 5.01. The topological polar surface area (TPSA) is 17.1 Å². The predicted octanol–water partition coefficient (Wildman–Crippen LogP) is 4.13. The van der Waals surface area contributed by atoms with Crippen molar-refractivity contribution in [3.8, 4) is 0 Å². The van der Waals surface area contributed by atoms with Crippen LogP contribution in [0.2, 0.25) is 5.02 Å². The van der Waals surface area contributed by atoms with Crippen LogP contribution >= 0.6 is 11.6 Å². The SMILES string of the molecule is O=C(c1ccc(Cl)cc1)c1cc(F)c(F)c(F)c1F. The molecule has 19 heavy (non-hydrogen) atoms. The normalized spacial score (nSPS) is 10.6. The van der Waals surface area contributed by atoms with Crippen molar-refractivity contribution < 1.29 is 22.4 Å². The minimum absolute atomic E-state index is 0.0197. The third-order valence-electron chi connectivity index (χ3n) is 2.45. The van der Waals surface area contributed by atoms with Crippen LogP contribution in [0, 0.1) is 23.3 Å². The Bertz CT molecular complexity index is 653. The van der Waals surface area contributed by atoms with E-state index in [1.165, 1.54) is 24.3 Å². The summed E-state index contributed by atoms with van der Waals surface area (Å²) in [7, 11) is 0. The van der Waals surface area contributed by atoms with Crippen molar-refractivity contribution in [3.05, 3.63) is 69.8 Å². The lowest BCUT2D eigenvalue weighted by Gasteiger charge is -2.05. The van der Waals surface area contributed by atoms with Crippen LogP contribution in [0.3, 0.4) is 0 Å². The Morgan fingerprint density at radius 1 is 0.895 bits per heavy atom. The molecule has 0 saturated carbocycles. The van der Waals surface area contributed by atoms with Gasteiger partial charge < -0.3 is 0 Å². The summed E-state index contributed by atoms with van der Waals surface area (Å²) in [6, 6.07) is 5.59. The van der Waals surface area contributed by atoms with E-state index in [1.807, 2.05) is 0 Å². The first-order chi connectivity index (χ1) is 8.91. The molecule has 0 aliphatic carbocycles. The van der Waals surface area contributed by atoms with Crippen LogP contribution in [0.5, 0.6) is 0 Å². The number of ketones is 1. The van der Waals surface area contributed by atoms with Gasteiger partial charge in [-0.05, 0) is 30.3 Å². The number of rotatable bonds is 2. The molecular weight excluding hydrogens is 284 g/mol. The first-order valence-corrected chi connectivity index (χ1v) is 5.43. The molecule has 0 aliphatic rings. The van der Waals surface area contributed by atoms with Gasteiger partial charge in [0, 0.05) is 10.6 Å². The average Bonchev–Trinajstić information content (AvgIpc) is 2.40. The molecule has 1 nitrogen and oxygen atoms in total. The molecule has 0 amide bonds. The summed E-state index contributed by atoms with van der Waals surface area (Å²) in [6.07, 6.45) is 0. The van der Waals surface area contributed by atoms with E-state index in [4.69, 9.17) is 11.6 Å². The van der Waals surface area contributed by atoms with Crippen LogP contribution in [0.25, 0.3) is 0 Å². The molecule has 6 heteroatoms. The molecule has 2 aromatic carbocycles. The quantitative estimate of drug-likeness (QED) is 0.351. The van der Waals surface area contributed by atoms with Gasteiger partial charge in [-0.1, -0.05) is 11.6 Å². The minimum Gasteiger partial charge on any atom is -0.288 e. The molecule has 0 aliphatic heterocycles. The van der Waals surface area contributed by atoms with E-state index in [9.17, 15) is 22.4 Å². The smallest absolute Gasteiger partial charge is 0.198 e. The van der Waals surface area contributed by atoms with Crippen molar-refractivity contribution in [1.29, 1.82) is 0 Å². The second-order valence-electron chi connectivity index (χ2n) is 3.68. The fraction of sp³-hybridized carbons (Fsp3) is 0.